The summed E-state index contributed by atoms with van der Waals surface area (Å²) < 4.78 is 11.7. The predicted octanol–water partition coefficient (Wildman–Crippen LogP) is 3.49. The number of rotatable bonds is 10. The lowest BCUT2D eigenvalue weighted by Crippen LogP contribution is -2.59. The fourth-order valence-electron chi connectivity index (χ4n) is 5.04. The van der Waals surface area contributed by atoms with Gasteiger partial charge in [-0.25, -0.2) is 0 Å². The van der Waals surface area contributed by atoms with E-state index in [-0.39, 0.29) is 30.6 Å². The van der Waals surface area contributed by atoms with Gasteiger partial charge in [0.05, 0.1) is 36.9 Å². The van der Waals surface area contributed by atoms with Crippen molar-refractivity contribution in [3.63, 3.8) is 0 Å². The van der Waals surface area contributed by atoms with Crippen LogP contribution in [0, 0.1) is 0 Å². The van der Waals surface area contributed by atoms with Crippen LogP contribution >= 0.6 is 23.4 Å². The molecule has 1 unspecified atom stereocenters. The third kappa shape index (κ3) is 7.01. The van der Waals surface area contributed by atoms with Gasteiger partial charge in [0.25, 0.3) is 0 Å². The number of morpholine rings is 1. The van der Waals surface area contributed by atoms with Gasteiger partial charge in [-0.05, 0) is 36.8 Å². The van der Waals surface area contributed by atoms with E-state index in [1.54, 1.807) is 11.8 Å². The number of aliphatic carboxylic acids is 1. The van der Waals surface area contributed by atoms with Crippen molar-refractivity contribution in [1.29, 1.82) is 0 Å². The van der Waals surface area contributed by atoms with Gasteiger partial charge in [0.1, 0.15) is 6.04 Å². The average Bonchev–Trinajstić information content (AvgIpc) is 3.36. The summed E-state index contributed by atoms with van der Waals surface area (Å²) in [6.07, 6.45) is 3.32. The first-order valence-corrected chi connectivity index (χ1v) is 14.2. The van der Waals surface area contributed by atoms with E-state index >= 15 is 0 Å². The highest BCUT2D eigenvalue weighted by Gasteiger charge is 2.42. The molecule has 198 valence electrons. The van der Waals surface area contributed by atoms with Gasteiger partial charge >= 0.3 is 5.97 Å². The number of carboxylic acids is 1. The molecule has 1 aromatic carbocycles. The van der Waals surface area contributed by atoms with Crippen LogP contribution in [0.4, 0.5) is 0 Å². The number of carboxylic acid groups (broad SMARTS) is 1. The predicted molar refractivity (Wildman–Crippen MR) is 142 cm³/mol. The average molecular weight is 538 g/mol. The van der Waals surface area contributed by atoms with Crippen molar-refractivity contribution < 1.29 is 24.2 Å². The Morgan fingerprint density at radius 3 is 2.75 bits per heavy atom. The number of hydrogen-bond donors (Lipinski definition) is 1. The summed E-state index contributed by atoms with van der Waals surface area (Å²) in [7, 11) is 0. The number of hydrogen-bond acceptors (Lipinski definition) is 7. The summed E-state index contributed by atoms with van der Waals surface area (Å²) in [6.45, 7) is 7.15. The third-order valence-electron chi connectivity index (χ3n) is 7.15. The second-order valence-electron chi connectivity index (χ2n) is 9.67. The zero-order chi connectivity index (χ0) is 25.5. The van der Waals surface area contributed by atoms with Gasteiger partial charge in [0, 0.05) is 43.5 Å². The fraction of sp³-hybridized carbons (Fsp3) is 0.654. The molecule has 1 spiro atoms. The normalized spacial score (nSPS) is 22.1. The molecule has 1 atom stereocenters. The maximum atomic E-state index is 13.1. The highest BCUT2D eigenvalue weighted by molar-refractivity contribution is 8.14. The number of piperidine rings is 1. The number of halogens is 1. The number of amides is 1. The van der Waals surface area contributed by atoms with Crippen LogP contribution < -0.4 is 0 Å². The number of benzene rings is 1. The molecule has 8 nitrogen and oxygen atoms in total. The molecule has 36 heavy (non-hydrogen) atoms. The van der Waals surface area contributed by atoms with E-state index in [0.717, 1.165) is 65.8 Å². The molecular weight excluding hydrogens is 502 g/mol. The molecule has 0 aliphatic carbocycles. The first kappa shape index (κ1) is 27.4. The number of carbonyl (C=O) groups is 2. The first-order chi connectivity index (χ1) is 17.4. The van der Waals surface area contributed by atoms with Crippen molar-refractivity contribution in [1.82, 2.24) is 9.80 Å². The molecule has 2 saturated heterocycles. The van der Waals surface area contributed by atoms with Crippen LogP contribution in [0.1, 0.15) is 43.7 Å². The Bertz CT molecular complexity index is 967. The number of thioether (sulfide) groups is 1. The number of ether oxygens (including phenoxy) is 2. The van der Waals surface area contributed by atoms with Crippen LogP contribution in [0.25, 0.3) is 0 Å². The van der Waals surface area contributed by atoms with Gasteiger partial charge in [-0.1, -0.05) is 36.7 Å². The van der Waals surface area contributed by atoms with Crippen LogP contribution in [0.3, 0.4) is 0 Å². The van der Waals surface area contributed by atoms with Crippen LogP contribution in [0.15, 0.2) is 23.2 Å². The van der Waals surface area contributed by atoms with Crippen molar-refractivity contribution in [3.05, 3.63) is 34.3 Å². The minimum absolute atomic E-state index is 0.00718. The molecule has 1 amide bonds. The van der Waals surface area contributed by atoms with E-state index in [1.807, 2.05) is 17.0 Å². The molecule has 10 heteroatoms. The first-order valence-electron chi connectivity index (χ1n) is 12.8. The summed E-state index contributed by atoms with van der Waals surface area (Å²) in [5.41, 5.74) is 1.83. The Hall–Kier alpha value is -1.65. The van der Waals surface area contributed by atoms with Gasteiger partial charge in [-0.15, -0.1) is 11.8 Å². The van der Waals surface area contributed by atoms with E-state index in [0.29, 0.717) is 32.7 Å². The summed E-state index contributed by atoms with van der Waals surface area (Å²) in [5, 5.41) is 10.5. The number of carbonyl (C=O) groups excluding carboxylic acids is 1. The second-order valence-corrected chi connectivity index (χ2v) is 11.1. The molecule has 0 bridgehead atoms. The van der Waals surface area contributed by atoms with Crippen LogP contribution in [0.5, 0.6) is 0 Å². The molecule has 3 heterocycles. The lowest BCUT2D eigenvalue weighted by molar-refractivity contribution is -0.160. The van der Waals surface area contributed by atoms with Gasteiger partial charge in [0.2, 0.25) is 5.91 Å². The number of likely N-dealkylation sites (tertiary alicyclic amines) is 1. The Kier molecular flexibility index (Phi) is 9.69. The van der Waals surface area contributed by atoms with Crippen molar-refractivity contribution in [2.45, 2.75) is 57.2 Å². The minimum Gasteiger partial charge on any atom is -0.481 e. The zero-order valence-electron chi connectivity index (χ0n) is 20.9. The second kappa shape index (κ2) is 12.7. The maximum Gasteiger partial charge on any atom is 0.305 e. The molecule has 0 radical (unpaired) electrons. The lowest BCUT2D eigenvalue weighted by Gasteiger charge is -2.47. The van der Waals surface area contributed by atoms with Gasteiger partial charge in [-0.3, -0.25) is 19.5 Å². The minimum atomic E-state index is -0.857. The van der Waals surface area contributed by atoms with Gasteiger partial charge in [0.15, 0.2) is 0 Å². The summed E-state index contributed by atoms with van der Waals surface area (Å²) in [6, 6.07) is 5.83. The molecule has 3 aliphatic rings. The fourth-order valence-corrected chi connectivity index (χ4v) is 6.29. The van der Waals surface area contributed by atoms with E-state index in [2.05, 4.69) is 22.9 Å². The maximum absolute atomic E-state index is 13.1. The molecule has 1 aromatic rings. The van der Waals surface area contributed by atoms with Crippen molar-refractivity contribution in [2.75, 3.05) is 51.8 Å². The zero-order valence-corrected chi connectivity index (χ0v) is 22.5. The summed E-state index contributed by atoms with van der Waals surface area (Å²) in [4.78, 5) is 32.7. The quantitative estimate of drug-likeness (QED) is 0.457. The van der Waals surface area contributed by atoms with Crippen molar-refractivity contribution in [3.8, 4) is 0 Å². The molecule has 0 saturated carbocycles. The smallest absolute Gasteiger partial charge is 0.305 e. The Morgan fingerprint density at radius 2 is 2.03 bits per heavy atom. The third-order valence-corrected chi connectivity index (χ3v) is 8.85. The number of nitrogens with zero attached hydrogens (tertiary/aromatic N) is 3. The van der Waals surface area contributed by atoms with Crippen LogP contribution in [0.2, 0.25) is 5.02 Å². The van der Waals surface area contributed by atoms with E-state index in [1.165, 1.54) is 0 Å². The SMILES string of the molecule is CCC1=NC(C(=O)N2CCOC3(CCN(Cc4cccc(CCOCCC(=O)O)c4Cl)CC3)C2)CS1. The van der Waals surface area contributed by atoms with E-state index in [4.69, 9.17) is 26.2 Å². The Labute approximate surface area is 222 Å². The number of aliphatic imine (C=N–C) groups is 1. The van der Waals surface area contributed by atoms with Gasteiger partial charge in [-0.2, -0.15) is 0 Å². The van der Waals surface area contributed by atoms with E-state index in [9.17, 15) is 9.59 Å². The monoisotopic (exact) mass is 537 g/mol. The Morgan fingerprint density at radius 1 is 1.25 bits per heavy atom. The van der Waals surface area contributed by atoms with Crippen molar-refractivity contribution in [2.24, 2.45) is 4.99 Å². The summed E-state index contributed by atoms with van der Waals surface area (Å²) >= 11 is 8.42. The van der Waals surface area contributed by atoms with E-state index < -0.39 is 5.97 Å². The molecule has 3 aliphatic heterocycles. The topological polar surface area (TPSA) is 91.7 Å². The molecular formula is C26H36ClN3O5S. The molecule has 2 fully saturated rings. The molecule has 0 aromatic heterocycles. The largest absolute Gasteiger partial charge is 0.481 e. The van der Waals surface area contributed by atoms with Crippen LogP contribution in [-0.2, 0) is 32.0 Å². The van der Waals surface area contributed by atoms with Crippen molar-refractivity contribution >= 4 is 40.3 Å². The molecule has 4 rings (SSSR count). The lowest BCUT2D eigenvalue weighted by atomic mass is 9.89. The highest BCUT2D eigenvalue weighted by atomic mass is 35.5. The van der Waals surface area contributed by atoms with Gasteiger partial charge < -0.3 is 19.5 Å². The Balaban J connectivity index is 1.27. The molecule has 1 N–H and O–H groups in total. The van der Waals surface area contributed by atoms with Crippen LogP contribution in [-0.4, -0.2) is 95.2 Å². The summed E-state index contributed by atoms with van der Waals surface area (Å²) in [5.74, 6) is 0.0459. The standard InChI is InChI=1S/C26H36ClN3O5S/c1-2-22-28-21(17-36-22)25(33)30-12-15-35-26(18-30)8-10-29(11-9-26)16-20-5-3-4-19(24(20)27)6-13-34-14-7-23(31)32/h3-5,21H,2,6-18H2,1H3,(H,31,32). The highest BCUT2D eigenvalue weighted by Crippen LogP contribution is 2.33.